The monoisotopic (exact) mass is 403 g/mol. The first-order valence-corrected chi connectivity index (χ1v) is 9.53. The molecule has 8 nitrogen and oxygen atoms in total. The maximum atomic E-state index is 12.7. The summed E-state index contributed by atoms with van der Waals surface area (Å²) in [4.78, 5) is 26.7. The number of carbonyl (C=O) groups is 2. The topological polar surface area (TPSA) is 96.0 Å². The van der Waals surface area contributed by atoms with Crippen LogP contribution in [0.3, 0.4) is 0 Å². The van der Waals surface area contributed by atoms with Crippen LogP contribution in [0.4, 0.5) is 0 Å². The summed E-state index contributed by atoms with van der Waals surface area (Å²) in [5, 5.41) is 3.20. The van der Waals surface area contributed by atoms with Crippen molar-refractivity contribution in [2.24, 2.45) is 0 Å². The summed E-state index contributed by atoms with van der Waals surface area (Å²) in [6.07, 6.45) is 0. The first-order valence-electron chi connectivity index (χ1n) is 8.09. The zero-order valence-electron chi connectivity index (χ0n) is 14.6. The molecule has 1 unspecified atom stereocenters. The minimum absolute atomic E-state index is 0. The van der Waals surface area contributed by atoms with Crippen LogP contribution >= 0.6 is 12.4 Å². The number of piperazine rings is 1. The first-order chi connectivity index (χ1) is 11.9. The van der Waals surface area contributed by atoms with Crippen LogP contribution in [0.25, 0.3) is 0 Å². The lowest BCUT2D eigenvalue weighted by Gasteiger charge is -2.34. The van der Waals surface area contributed by atoms with E-state index in [4.69, 9.17) is 4.74 Å². The van der Waals surface area contributed by atoms with Gasteiger partial charge in [-0.2, -0.15) is 0 Å². The van der Waals surface area contributed by atoms with E-state index in [0.717, 1.165) is 4.31 Å². The van der Waals surface area contributed by atoms with Crippen molar-refractivity contribution in [3.63, 3.8) is 0 Å². The van der Waals surface area contributed by atoms with Crippen LogP contribution in [-0.2, 0) is 14.8 Å². The predicted molar refractivity (Wildman–Crippen MR) is 97.2 cm³/mol. The van der Waals surface area contributed by atoms with Gasteiger partial charge in [0.2, 0.25) is 0 Å². The first kappa shape index (κ1) is 20.6. The molecular formula is C16H22ClN3O5S. The average molecular weight is 404 g/mol. The van der Waals surface area contributed by atoms with Crippen LogP contribution in [0.1, 0.15) is 27.6 Å². The van der Waals surface area contributed by atoms with Crippen molar-refractivity contribution in [2.45, 2.75) is 17.9 Å². The number of amides is 2. The molecule has 1 N–H and O–H groups in total. The Morgan fingerprint density at radius 2 is 2.12 bits per heavy atom. The van der Waals surface area contributed by atoms with Crippen molar-refractivity contribution in [3.8, 4) is 0 Å². The van der Waals surface area contributed by atoms with Gasteiger partial charge in [-0.15, -0.1) is 12.4 Å². The molecule has 0 spiro atoms. The van der Waals surface area contributed by atoms with Crippen molar-refractivity contribution in [3.05, 3.63) is 29.3 Å². The number of hydrogen-bond donors (Lipinski definition) is 1. The lowest BCUT2D eigenvalue weighted by molar-refractivity contribution is 0.0655. The number of halogens is 1. The number of rotatable bonds is 4. The second-order valence-corrected chi connectivity index (χ2v) is 7.97. The van der Waals surface area contributed by atoms with Crippen molar-refractivity contribution >= 4 is 34.2 Å². The summed E-state index contributed by atoms with van der Waals surface area (Å²) in [7, 11) is -2.51. The van der Waals surface area contributed by atoms with Crippen LogP contribution in [-0.4, -0.2) is 75.4 Å². The maximum Gasteiger partial charge on any atom is 0.269 e. The summed E-state index contributed by atoms with van der Waals surface area (Å²) < 4.78 is 30.9. The third-order valence-electron chi connectivity index (χ3n) is 4.51. The zero-order chi connectivity index (χ0) is 18.2. The number of methoxy groups -OCH3 is 1. The zero-order valence-corrected chi connectivity index (χ0v) is 16.2. The number of carbonyl (C=O) groups excluding carboxylic acids is 2. The molecular weight excluding hydrogens is 382 g/mol. The van der Waals surface area contributed by atoms with Gasteiger partial charge < -0.3 is 15.0 Å². The smallest absolute Gasteiger partial charge is 0.269 e. The van der Waals surface area contributed by atoms with Crippen LogP contribution < -0.4 is 5.32 Å². The number of nitrogens with zero attached hydrogens (tertiary/aromatic N) is 2. The lowest BCUT2D eigenvalue weighted by atomic mass is 10.1. The highest BCUT2D eigenvalue weighted by Crippen LogP contribution is 2.31. The van der Waals surface area contributed by atoms with E-state index in [2.05, 4.69) is 5.32 Å². The Kier molecular flexibility index (Phi) is 6.28. The number of nitrogens with one attached hydrogen (secondary N) is 1. The average Bonchev–Trinajstić information content (AvgIpc) is 2.79. The van der Waals surface area contributed by atoms with Crippen LogP contribution in [0.5, 0.6) is 0 Å². The molecule has 2 amide bonds. The quantitative estimate of drug-likeness (QED) is 0.778. The highest BCUT2D eigenvalue weighted by atomic mass is 35.5. The summed E-state index contributed by atoms with van der Waals surface area (Å²) in [5.41, 5.74) is 0.374. The van der Waals surface area contributed by atoms with E-state index in [-0.39, 0.29) is 53.5 Å². The molecule has 0 saturated carbocycles. The van der Waals surface area contributed by atoms with Crippen LogP contribution in [0.2, 0.25) is 0 Å². The minimum atomic E-state index is -3.95. The van der Waals surface area contributed by atoms with Crippen molar-refractivity contribution < 1.29 is 22.7 Å². The molecule has 0 radical (unpaired) electrons. The van der Waals surface area contributed by atoms with Gasteiger partial charge in [-0.3, -0.25) is 9.59 Å². The molecule has 2 aliphatic rings. The lowest BCUT2D eigenvalue weighted by Crippen LogP contribution is -2.52. The third kappa shape index (κ3) is 3.44. The molecule has 3 rings (SSSR count). The fraction of sp³-hybridized carbons (Fsp3) is 0.500. The molecule has 1 aromatic carbocycles. The number of hydrogen-bond acceptors (Lipinski definition) is 6. The van der Waals surface area contributed by atoms with Gasteiger partial charge in [-0.1, -0.05) is 0 Å². The van der Waals surface area contributed by atoms with Crippen LogP contribution in [0, 0.1) is 0 Å². The van der Waals surface area contributed by atoms with Gasteiger partial charge in [-0.05, 0) is 25.1 Å². The molecule has 26 heavy (non-hydrogen) atoms. The van der Waals surface area contributed by atoms with E-state index in [1.54, 1.807) is 4.90 Å². The Labute approximate surface area is 158 Å². The molecule has 10 heteroatoms. The second-order valence-electron chi connectivity index (χ2n) is 6.14. The van der Waals surface area contributed by atoms with E-state index in [1.807, 2.05) is 6.92 Å². The Bertz CT molecular complexity index is 814. The summed E-state index contributed by atoms with van der Waals surface area (Å²) >= 11 is 0. The maximum absolute atomic E-state index is 12.7. The molecule has 2 aliphatic heterocycles. The number of sulfonamides is 1. The largest absolute Gasteiger partial charge is 0.383 e. The van der Waals surface area contributed by atoms with Crippen LogP contribution in [0.15, 0.2) is 23.1 Å². The van der Waals surface area contributed by atoms with Gasteiger partial charge in [0.25, 0.3) is 21.8 Å². The van der Waals surface area contributed by atoms with Gasteiger partial charge in [-0.25, -0.2) is 12.7 Å². The van der Waals surface area contributed by atoms with E-state index in [0.29, 0.717) is 19.6 Å². The molecule has 0 bridgehead atoms. The Morgan fingerprint density at radius 1 is 1.38 bits per heavy atom. The molecule has 1 atom stereocenters. The van der Waals surface area contributed by atoms with Gasteiger partial charge in [0.15, 0.2) is 0 Å². The molecule has 2 heterocycles. The molecule has 1 aromatic rings. The number of fused-ring (bicyclic) bond motifs is 1. The molecule has 144 valence electrons. The molecule has 0 aromatic heterocycles. The summed E-state index contributed by atoms with van der Waals surface area (Å²) in [6, 6.07) is 4.27. The third-order valence-corrected chi connectivity index (χ3v) is 6.34. The van der Waals surface area contributed by atoms with Gasteiger partial charge in [0.05, 0.1) is 18.7 Å². The molecule has 1 fully saturated rings. The normalized spacial score (nSPS) is 21.3. The minimum Gasteiger partial charge on any atom is -0.383 e. The summed E-state index contributed by atoms with van der Waals surface area (Å²) in [6.45, 7) is 3.95. The SMILES string of the molecule is COCCN1C(=O)c2ccc(C(=O)N3CCNCC3C)cc2S1(=O)=O.Cl. The summed E-state index contributed by atoms with van der Waals surface area (Å²) in [5.74, 6) is -0.809. The van der Waals surface area contributed by atoms with Crippen molar-refractivity contribution in [1.29, 1.82) is 0 Å². The Hall–Kier alpha value is -1.68. The van der Waals surface area contributed by atoms with Gasteiger partial charge in [0, 0.05) is 38.3 Å². The molecule has 0 aliphatic carbocycles. The molecule has 1 saturated heterocycles. The standard InChI is InChI=1S/C16H21N3O5S.ClH/c1-11-10-17-5-6-18(11)15(20)12-3-4-13-14(9-12)25(22,23)19(16(13)21)7-8-24-2;/h3-4,9,11,17H,5-8,10H2,1-2H3;1H. The fourth-order valence-corrected chi connectivity index (χ4v) is 4.69. The van der Waals surface area contributed by atoms with E-state index in [1.165, 1.54) is 25.3 Å². The number of benzene rings is 1. The highest BCUT2D eigenvalue weighted by molar-refractivity contribution is 7.90. The predicted octanol–water partition coefficient (Wildman–Crippen LogP) is 0.333. The Morgan fingerprint density at radius 3 is 2.77 bits per heavy atom. The van der Waals surface area contributed by atoms with Gasteiger partial charge in [0.1, 0.15) is 4.90 Å². The fourth-order valence-electron chi connectivity index (χ4n) is 3.11. The second kappa shape index (κ2) is 7.91. The van der Waals surface area contributed by atoms with Gasteiger partial charge >= 0.3 is 0 Å². The van der Waals surface area contributed by atoms with E-state index >= 15 is 0 Å². The van der Waals surface area contributed by atoms with Crippen molar-refractivity contribution in [2.75, 3.05) is 39.9 Å². The van der Waals surface area contributed by atoms with E-state index < -0.39 is 15.9 Å². The Balaban J connectivity index is 0.00000243. The number of ether oxygens (including phenoxy) is 1. The van der Waals surface area contributed by atoms with Crippen molar-refractivity contribution in [1.82, 2.24) is 14.5 Å². The highest BCUT2D eigenvalue weighted by Gasteiger charge is 2.41. The van der Waals surface area contributed by atoms with E-state index in [9.17, 15) is 18.0 Å².